The maximum atomic E-state index is 12.4. The van der Waals surface area contributed by atoms with Gasteiger partial charge in [-0.1, -0.05) is 30.3 Å². The van der Waals surface area contributed by atoms with E-state index in [-0.39, 0.29) is 11.8 Å². The van der Waals surface area contributed by atoms with Crippen LogP contribution in [-0.2, 0) is 4.79 Å². The van der Waals surface area contributed by atoms with Crippen LogP contribution in [0.5, 0.6) is 0 Å². The van der Waals surface area contributed by atoms with Crippen LogP contribution in [0.3, 0.4) is 0 Å². The standard InChI is InChI=1S/C19H17N7O/c1-11-18-14(13-6-4-3-5-7-13)10-17(27)20-19(18)26(23-11)16-9-8-15-22-21-12(2)25(15)24-16/h3-9,14H,10H2,1-2H3,(H,20,27)/t14-/m1/s1. The number of anilines is 1. The highest BCUT2D eigenvalue weighted by molar-refractivity contribution is 5.95. The maximum absolute atomic E-state index is 12.4. The van der Waals surface area contributed by atoms with E-state index in [0.29, 0.717) is 29.5 Å². The first-order chi connectivity index (χ1) is 13.1. The van der Waals surface area contributed by atoms with E-state index in [1.807, 2.05) is 44.2 Å². The molecular weight excluding hydrogens is 342 g/mol. The number of nitrogens with zero attached hydrogens (tertiary/aromatic N) is 6. The number of aryl methyl sites for hydroxylation is 2. The van der Waals surface area contributed by atoms with Gasteiger partial charge in [-0.25, -0.2) is 0 Å². The molecule has 0 fully saturated rings. The average Bonchev–Trinajstić information content (AvgIpc) is 3.22. The van der Waals surface area contributed by atoms with Crippen LogP contribution in [0.2, 0.25) is 0 Å². The van der Waals surface area contributed by atoms with E-state index in [0.717, 1.165) is 16.8 Å². The van der Waals surface area contributed by atoms with E-state index < -0.39 is 0 Å². The quantitative estimate of drug-likeness (QED) is 0.593. The smallest absolute Gasteiger partial charge is 0.226 e. The number of carbonyl (C=O) groups is 1. The highest BCUT2D eigenvalue weighted by atomic mass is 16.1. The molecule has 1 N–H and O–H groups in total. The number of carbonyl (C=O) groups excluding carboxylic acids is 1. The van der Waals surface area contributed by atoms with Crippen molar-refractivity contribution in [3.63, 3.8) is 0 Å². The van der Waals surface area contributed by atoms with Crippen molar-refractivity contribution in [3.8, 4) is 5.82 Å². The molecule has 1 aliphatic heterocycles. The normalized spacial score (nSPS) is 16.4. The third-order valence-corrected chi connectivity index (χ3v) is 4.93. The third kappa shape index (κ3) is 2.41. The number of hydrogen-bond acceptors (Lipinski definition) is 5. The first-order valence-corrected chi connectivity index (χ1v) is 8.75. The van der Waals surface area contributed by atoms with Crippen LogP contribution in [-0.4, -0.2) is 35.5 Å². The van der Waals surface area contributed by atoms with E-state index in [1.165, 1.54) is 0 Å². The van der Waals surface area contributed by atoms with Crippen molar-refractivity contribution in [2.45, 2.75) is 26.2 Å². The molecule has 0 spiro atoms. The Hall–Kier alpha value is -3.55. The second-order valence-electron chi connectivity index (χ2n) is 6.68. The second-order valence-corrected chi connectivity index (χ2v) is 6.68. The lowest BCUT2D eigenvalue weighted by Crippen LogP contribution is -2.25. The van der Waals surface area contributed by atoms with Crippen LogP contribution >= 0.6 is 0 Å². The summed E-state index contributed by atoms with van der Waals surface area (Å²) in [6, 6.07) is 13.7. The zero-order valence-corrected chi connectivity index (χ0v) is 14.9. The molecule has 0 radical (unpaired) electrons. The van der Waals surface area contributed by atoms with Crippen molar-refractivity contribution in [3.05, 3.63) is 65.1 Å². The second kappa shape index (κ2) is 5.73. The van der Waals surface area contributed by atoms with Gasteiger partial charge in [-0.15, -0.1) is 15.3 Å². The summed E-state index contributed by atoms with van der Waals surface area (Å²) in [4.78, 5) is 12.4. The average molecular weight is 359 g/mol. The molecule has 0 saturated carbocycles. The van der Waals surface area contributed by atoms with Gasteiger partial charge in [-0.2, -0.15) is 14.3 Å². The molecule has 3 aromatic heterocycles. The van der Waals surface area contributed by atoms with Crippen molar-refractivity contribution in [2.24, 2.45) is 0 Å². The van der Waals surface area contributed by atoms with E-state index in [2.05, 4.69) is 37.8 Å². The summed E-state index contributed by atoms with van der Waals surface area (Å²) in [5.41, 5.74) is 3.68. The first-order valence-electron chi connectivity index (χ1n) is 8.75. The van der Waals surface area contributed by atoms with Gasteiger partial charge >= 0.3 is 0 Å². The zero-order valence-electron chi connectivity index (χ0n) is 14.9. The van der Waals surface area contributed by atoms with Crippen LogP contribution < -0.4 is 5.32 Å². The Balaban J connectivity index is 1.69. The van der Waals surface area contributed by atoms with Gasteiger partial charge in [0.2, 0.25) is 5.91 Å². The number of fused-ring (bicyclic) bond motifs is 2. The fourth-order valence-corrected chi connectivity index (χ4v) is 3.68. The summed E-state index contributed by atoms with van der Waals surface area (Å²) in [7, 11) is 0. The van der Waals surface area contributed by atoms with Crippen molar-refractivity contribution >= 4 is 17.4 Å². The van der Waals surface area contributed by atoms with Crippen LogP contribution in [0.1, 0.15) is 35.0 Å². The topological polar surface area (TPSA) is 90.0 Å². The van der Waals surface area contributed by atoms with Crippen molar-refractivity contribution in [2.75, 3.05) is 5.32 Å². The fourth-order valence-electron chi connectivity index (χ4n) is 3.68. The van der Waals surface area contributed by atoms with Gasteiger partial charge in [-0.05, 0) is 31.5 Å². The molecule has 1 aromatic carbocycles. The minimum Gasteiger partial charge on any atom is -0.310 e. The van der Waals surface area contributed by atoms with Crippen LogP contribution in [0.4, 0.5) is 5.82 Å². The summed E-state index contributed by atoms with van der Waals surface area (Å²) in [6.07, 6.45) is 0.403. The lowest BCUT2D eigenvalue weighted by molar-refractivity contribution is -0.116. The monoisotopic (exact) mass is 359 g/mol. The SMILES string of the molecule is Cc1nn(-c2ccc3nnc(C)n3n2)c2c1[C@@H](c1ccccc1)CC(=O)N2. The van der Waals surface area contributed by atoms with Gasteiger partial charge in [0, 0.05) is 17.9 Å². The molecule has 27 heavy (non-hydrogen) atoms. The number of aromatic nitrogens is 6. The minimum absolute atomic E-state index is 0.0240. The Labute approximate surface area is 154 Å². The summed E-state index contributed by atoms with van der Waals surface area (Å²) in [5.74, 6) is 1.91. The van der Waals surface area contributed by atoms with Crippen LogP contribution in [0.25, 0.3) is 11.5 Å². The number of amides is 1. The molecular formula is C19H17N7O. The Kier molecular flexibility index (Phi) is 3.33. The molecule has 0 unspecified atom stereocenters. The van der Waals surface area contributed by atoms with Gasteiger partial charge in [0.1, 0.15) is 5.82 Å². The highest BCUT2D eigenvalue weighted by Crippen LogP contribution is 2.39. The Morgan fingerprint density at radius 3 is 2.67 bits per heavy atom. The molecule has 8 nitrogen and oxygen atoms in total. The molecule has 5 rings (SSSR count). The lowest BCUT2D eigenvalue weighted by Gasteiger charge is -2.24. The molecule has 134 valence electrons. The molecule has 0 bridgehead atoms. The van der Waals surface area contributed by atoms with Crippen molar-refractivity contribution < 1.29 is 4.79 Å². The van der Waals surface area contributed by atoms with Crippen molar-refractivity contribution in [1.82, 2.24) is 29.6 Å². The zero-order chi connectivity index (χ0) is 18.5. The van der Waals surface area contributed by atoms with E-state index in [4.69, 9.17) is 0 Å². The molecule has 0 aliphatic carbocycles. The minimum atomic E-state index is -0.0286. The highest BCUT2D eigenvalue weighted by Gasteiger charge is 2.32. The number of benzene rings is 1. The Morgan fingerprint density at radius 1 is 1.04 bits per heavy atom. The van der Waals surface area contributed by atoms with Gasteiger partial charge in [0.25, 0.3) is 0 Å². The molecule has 4 heterocycles. The van der Waals surface area contributed by atoms with E-state index >= 15 is 0 Å². The molecule has 0 saturated heterocycles. The Bertz CT molecular complexity index is 1180. The lowest BCUT2D eigenvalue weighted by atomic mass is 9.86. The summed E-state index contributed by atoms with van der Waals surface area (Å²) >= 11 is 0. The predicted molar refractivity (Wildman–Crippen MR) is 98.9 cm³/mol. The molecule has 1 atom stereocenters. The van der Waals surface area contributed by atoms with Crippen LogP contribution in [0.15, 0.2) is 42.5 Å². The van der Waals surface area contributed by atoms with E-state index in [9.17, 15) is 4.79 Å². The largest absolute Gasteiger partial charge is 0.310 e. The third-order valence-electron chi connectivity index (χ3n) is 4.93. The van der Waals surface area contributed by atoms with Gasteiger partial charge < -0.3 is 5.32 Å². The summed E-state index contributed by atoms with van der Waals surface area (Å²) in [6.45, 7) is 3.80. The summed E-state index contributed by atoms with van der Waals surface area (Å²) < 4.78 is 3.36. The molecule has 1 amide bonds. The fraction of sp³-hybridized carbons (Fsp3) is 0.211. The number of rotatable bonds is 2. The van der Waals surface area contributed by atoms with Gasteiger partial charge in [0.15, 0.2) is 17.3 Å². The number of nitrogens with one attached hydrogen (secondary N) is 1. The summed E-state index contributed by atoms with van der Waals surface area (Å²) in [5, 5.41) is 20.4. The maximum Gasteiger partial charge on any atom is 0.226 e. The van der Waals surface area contributed by atoms with Gasteiger partial charge in [-0.3, -0.25) is 4.79 Å². The molecule has 4 aromatic rings. The first kappa shape index (κ1) is 15.7. The Morgan fingerprint density at radius 2 is 1.85 bits per heavy atom. The molecule has 8 heteroatoms. The predicted octanol–water partition coefficient (Wildman–Crippen LogP) is 2.40. The van der Waals surface area contributed by atoms with Crippen molar-refractivity contribution in [1.29, 1.82) is 0 Å². The van der Waals surface area contributed by atoms with Gasteiger partial charge in [0.05, 0.1) is 5.69 Å². The van der Waals surface area contributed by atoms with E-state index in [1.54, 1.807) is 9.20 Å². The molecule has 1 aliphatic rings. The number of hydrogen-bond donors (Lipinski definition) is 1. The van der Waals surface area contributed by atoms with Crippen LogP contribution in [0, 0.1) is 13.8 Å².